The number of halogens is 1. The SMILES string of the molecule is CC1=Nc2cscc2N=C(C)C1C.Cl. The van der Waals surface area contributed by atoms with Crippen molar-refractivity contribution in [3.63, 3.8) is 0 Å². The maximum atomic E-state index is 4.54. The third-order valence-electron chi connectivity index (χ3n) is 2.47. The molecule has 0 atom stereocenters. The summed E-state index contributed by atoms with van der Waals surface area (Å²) in [5.41, 5.74) is 4.34. The van der Waals surface area contributed by atoms with Crippen LogP contribution in [-0.2, 0) is 0 Å². The predicted molar refractivity (Wildman–Crippen MR) is 66.3 cm³/mol. The molecule has 0 saturated heterocycles. The molecule has 0 bridgehead atoms. The van der Waals surface area contributed by atoms with Gasteiger partial charge in [-0.15, -0.1) is 23.7 Å². The lowest BCUT2D eigenvalue weighted by Crippen LogP contribution is -2.14. The third kappa shape index (κ3) is 1.88. The number of fused-ring (bicyclic) bond motifs is 1. The van der Waals surface area contributed by atoms with Gasteiger partial charge in [-0.2, -0.15) is 0 Å². The molecule has 0 aliphatic carbocycles. The van der Waals surface area contributed by atoms with Crippen LogP contribution < -0.4 is 0 Å². The quantitative estimate of drug-likeness (QED) is 0.641. The summed E-state index contributed by atoms with van der Waals surface area (Å²) in [6.07, 6.45) is 0. The van der Waals surface area contributed by atoms with Gasteiger partial charge in [-0.25, -0.2) is 0 Å². The highest BCUT2D eigenvalue weighted by atomic mass is 35.5. The van der Waals surface area contributed by atoms with Crippen molar-refractivity contribution in [2.45, 2.75) is 20.8 Å². The van der Waals surface area contributed by atoms with Gasteiger partial charge < -0.3 is 0 Å². The van der Waals surface area contributed by atoms with Crippen molar-refractivity contribution >= 4 is 46.5 Å². The summed E-state index contributed by atoms with van der Waals surface area (Å²) in [6.45, 7) is 6.28. The Labute approximate surface area is 94.2 Å². The first kappa shape index (κ1) is 11.4. The Kier molecular flexibility index (Phi) is 3.45. The van der Waals surface area contributed by atoms with E-state index in [1.54, 1.807) is 11.3 Å². The van der Waals surface area contributed by atoms with Crippen LogP contribution in [0.5, 0.6) is 0 Å². The van der Waals surface area contributed by atoms with E-state index in [-0.39, 0.29) is 12.4 Å². The van der Waals surface area contributed by atoms with Gasteiger partial charge in [-0.1, -0.05) is 6.92 Å². The summed E-state index contributed by atoms with van der Waals surface area (Å²) in [5.74, 6) is 0.373. The Hall–Kier alpha value is -0.670. The van der Waals surface area contributed by atoms with E-state index in [2.05, 4.69) is 30.8 Å². The topological polar surface area (TPSA) is 24.7 Å². The van der Waals surface area contributed by atoms with Crippen molar-refractivity contribution in [1.82, 2.24) is 0 Å². The van der Waals surface area contributed by atoms with E-state index in [0.29, 0.717) is 5.92 Å². The first-order valence-corrected chi connectivity index (χ1v) is 5.29. The van der Waals surface area contributed by atoms with E-state index in [1.807, 2.05) is 10.8 Å². The average molecular weight is 229 g/mol. The number of hydrogen-bond donors (Lipinski definition) is 0. The molecule has 2 heterocycles. The van der Waals surface area contributed by atoms with E-state index in [9.17, 15) is 0 Å². The summed E-state index contributed by atoms with van der Waals surface area (Å²) in [4.78, 5) is 9.09. The van der Waals surface area contributed by atoms with Crippen molar-refractivity contribution in [1.29, 1.82) is 0 Å². The van der Waals surface area contributed by atoms with E-state index in [1.165, 1.54) is 0 Å². The minimum absolute atomic E-state index is 0. The Balaban J connectivity index is 0.000000980. The molecule has 76 valence electrons. The van der Waals surface area contributed by atoms with Crippen LogP contribution >= 0.6 is 23.7 Å². The molecule has 1 aromatic rings. The lowest BCUT2D eigenvalue weighted by molar-refractivity contribution is 1.04. The average Bonchev–Trinajstić information content (AvgIpc) is 2.47. The number of thiophene rings is 1. The zero-order chi connectivity index (χ0) is 9.42. The first-order chi connectivity index (χ1) is 6.18. The van der Waals surface area contributed by atoms with Crippen molar-refractivity contribution in [3.8, 4) is 0 Å². The van der Waals surface area contributed by atoms with E-state index in [4.69, 9.17) is 0 Å². The molecule has 0 aromatic carbocycles. The van der Waals surface area contributed by atoms with Crippen LogP contribution in [0.25, 0.3) is 0 Å². The number of aliphatic imine (C=N–C) groups is 2. The van der Waals surface area contributed by atoms with E-state index < -0.39 is 0 Å². The molecule has 4 heteroatoms. The minimum atomic E-state index is 0. The minimum Gasteiger partial charge on any atom is -0.254 e. The van der Waals surface area contributed by atoms with Crippen molar-refractivity contribution < 1.29 is 0 Å². The Morgan fingerprint density at radius 2 is 1.50 bits per heavy atom. The molecular formula is C10H13ClN2S. The normalized spacial score (nSPS) is 16.2. The molecule has 0 spiro atoms. The van der Waals surface area contributed by atoms with Gasteiger partial charge in [0.15, 0.2) is 0 Å². The van der Waals surface area contributed by atoms with E-state index in [0.717, 1.165) is 22.8 Å². The molecule has 14 heavy (non-hydrogen) atoms. The van der Waals surface area contributed by atoms with Gasteiger partial charge in [-0.05, 0) is 13.8 Å². The fourth-order valence-corrected chi connectivity index (χ4v) is 2.00. The number of nitrogens with zero attached hydrogens (tertiary/aromatic N) is 2. The Bertz CT molecular complexity index is 358. The van der Waals surface area contributed by atoms with Gasteiger partial charge in [0, 0.05) is 28.1 Å². The number of hydrogen-bond acceptors (Lipinski definition) is 3. The fourth-order valence-electron chi connectivity index (χ4n) is 1.33. The first-order valence-electron chi connectivity index (χ1n) is 4.35. The molecule has 0 amide bonds. The zero-order valence-electron chi connectivity index (χ0n) is 8.44. The van der Waals surface area contributed by atoms with Crippen LogP contribution in [0.1, 0.15) is 20.8 Å². The lowest BCUT2D eigenvalue weighted by Gasteiger charge is -2.07. The second-order valence-electron chi connectivity index (χ2n) is 3.37. The molecule has 1 aliphatic rings. The summed E-state index contributed by atoms with van der Waals surface area (Å²) < 4.78 is 0. The molecule has 0 radical (unpaired) electrons. The van der Waals surface area contributed by atoms with Crippen LogP contribution in [-0.4, -0.2) is 11.4 Å². The van der Waals surface area contributed by atoms with Gasteiger partial charge in [0.05, 0.1) is 11.4 Å². The largest absolute Gasteiger partial charge is 0.254 e. The fraction of sp³-hybridized carbons (Fsp3) is 0.400. The van der Waals surface area contributed by atoms with Crippen LogP contribution in [0, 0.1) is 5.92 Å². The smallest absolute Gasteiger partial charge is 0.0992 e. The maximum absolute atomic E-state index is 4.54. The highest BCUT2D eigenvalue weighted by Crippen LogP contribution is 2.35. The van der Waals surface area contributed by atoms with Crippen LogP contribution in [0.15, 0.2) is 20.7 Å². The molecular weight excluding hydrogens is 216 g/mol. The van der Waals surface area contributed by atoms with Crippen LogP contribution in [0.4, 0.5) is 11.4 Å². The van der Waals surface area contributed by atoms with Crippen molar-refractivity contribution in [2.75, 3.05) is 0 Å². The Morgan fingerprint density at radius 3 is 1.93 bits per heavy atom. The van der Waals surface area contributed by atoms with Crippen LogP contribution in [0.2, 0.25) is 0 Å². The molecule has 0 N–H and O–H groups in total. The molecule has 2 rings (SSSR count). The van der Waals surface area contributed by atoms with Gasteiger partial charge in [0.2, 0.25) is 0 Å². The maximum Gasteiger partial charge on any atom is 0.0992 e. The summed E-state index contributed by atoms with van der Waals surface area (Å²) in [7, 11) is 0. The second kappa shape index (κ2) is 4.24. The molecule has 0 saturated carbocycles. The zero-order valence-corrected chi connectivity index (χ0v) is 10.1. The van der Waals surface area contributed by atoms with Gasteiger partial charge in [-0.3, -0.25) is 9.98 Å². The summed E-state index contributed by atoms with van der Waals surface area (Å²) >= 11 is 1.66. The highest BCUT2D eigenvalue weighted by Gasteiger charge is 2.15. The molecule has 1 aromatic heterocycles. The van der Waals surface area contributed by atoms with Gasteiger partial charge in [0.1, 0.15) is 0 Å². The lowest BCUT2D eigenvalue weighted by atomic mass is 10.0. The molecule has 0 fully saturated rings. The molecule has 0 unspecified atom stereocenters. The van der Waals surface area contributed by atoms with Crippen LogP contribution in [0.3, 0.4) is 0 Å². The monoisotopic (exact) mass is 228 g/mol. The second-order valence-corrected chi connectivity index (χ2v) is 4.11. The standard InChI is InChI=1S/C10H12N2S.ClH/c1-6-7(2)11-9-4-13-5-10(9)12-8(6)3;/h4-6H,1-3H3;1H. The molecule has 1 aliphatic heterocycles. The van der Waals surface area contributed by atoms with Gasteiger partial charge >= 0.3 is 0 Å². The summed E-state index contributed by atoms with van der Waals surface area (Å²) in [5, 5.41) is 4.10. The van der Waals surface area contributed by atoms with Gasteiger partial charge in [0.25, 0.3) is 0 Å². The highest BCUT2D eigenvalue weighted by molar-refractivity contribution is 7.08. The van der Waals surface area contributed by atoms with E-state index >= 15 is 0 Å². The third-order valence-corrected chi connectivity index (χ3v) is 3.19. The van der Waals surface area contributed by atoms with Crippen molar-refractivity contribution in [2.24, 2.45) is 15.9 Å². The Morgan fingerprint density at radius 1 is 1.07 bits per heavy atom. The summed E-state index contributed by atoms with van der Waals surface area (Å²) in [6, 6.07) is 0. The predicted octanol–water partition coefficient (Wildman–Crippen LogP) is 4.00. The van der Waals surface area contributed by atoms with Crippen molar-refractivity contribution in [3.05, 3.63) is 10.8 Å². The number of rotatable bonds is 0. The molecule has 2 nitrogen and oxygen atoms in total.